The Hall–Kier alpha value is -0.820. The summed E-state index contributed by atoms with van der Waals surface area (Å²) in [6.45, 7) is 12.1. The van der Waals surface area contributed by atoms with Gasteiger partial charge in [0.05, 0.1) is 18.1 Å². The van der Waals surface area contributed by atoms with Crippen molar-refractivity contribution >= 4 is 15.8 Å². The molecule has 0 radical (unpaired) electrons. The van der Waals surface area contributed by atoms with E-state index >= 15 is 0 Å². The monoisotopic (exact) mass is 318 g/mol. The molecule has 0 spiro atoms. The van der Waals surface area contributed by atoms with Crippen LogP contribution in [-0.2, 0) is 9.84 Å². The Morgan fingerprint density at radius 3 is 2.38 bits per heavy atom. The van der Waals surface area contributed by atoms with E-state index in [9.17, 15) is 8.42 Å². The molecule has 124 valence electrons. The maximum Gasteiger partial charge on any atom is 0.191 e. The quantitative estimate of drug-likeness (QED) is 0.545. The summed E-state index contributed by atoms with van der Waals surface area (Å²) in [6.07, 6.45) is 0. The summed E-state index contributed by atoms with van der Waals surface area (Å²) < 4.78 is 22.7. The summed E-state index contributed by atoms with van der Waals surface area (Å²) in [6, 6.07) is 0.364. The van der Waals surface area contributed by atoms with Gasteiger partial charge in [-0.15, -0.1) is 0 Å². The SMILES string of the molecule is CCNC(=NCCN1CCS(=O)(=O)CC1)NC(C)C(C)C. The highest BCUT2D eigenvalue weighted by atomic mass is 32.2. The second-order valence-corrected chi connectivity index (χ2v) is 8.23. The van der Waals surface area contributed by atoms with Crippen molar-refractivity contribution in [3.63, 3.8) is 0 Å². The van der Waals surface area contributed by atoms with Crippen molar-refractivity contribution in [2.75, 3.05) is 44.2 Å². The predicted octanol–water partition coefficient (Wildman–Crippen LogP) is 0.316. The standard InChI is InChI=1S/C14H30N4O2S/c1-5-15-14(17-13(4)12(2)3)16-6-7-18-8-10-21(19,20)11-9-18/h12-13H,5-11H2,1-4H3,(H2,15,16,17). The van der Waals surface area contributed by atoms with E-state index in [1.807, 2.05) is 6.92 Å². The highest BCUT2D eigenvalue weighted by Gasteiger charge is 2.20. The number of aliphatic imine (C=N–C) groups is 1. The van der Waals surface area contributed by atoms with Gasteiger partial charge < -0.3 is 10.6 Å². The van der Waals surface area contributed by atoms with E-state index in [-0.39, 0.29) is 11.5 Å². The first-order chi connectivity index (χ1) is 9.84. The summed E-state index contributed by atoms with van der Waals surface area (Å²) in [5.74, 6) is 1.93. The first-order valence-corrected chi connectivity index (χ1v) is 9.64. The van der Waals surface area contributed by atoms with E-state index in [1.54, 1.807) is 0 Å². The summed E-state index contributed by atoms with van der Waals surface area (Å²) in [5, 5.41) is 6.64. The Kier molecular flexibility index (Phi) is 7.45. The minimum absolute atomic E-state index is 0.277. The Labute approximate surface area is 129 Å². The third kappa shape index (κ3) is 7.13. The minimum Gasteiger partial charge on any atom is -0.357 e. The van der Waals surface area contributed by atoms with E-state index in [2.05, 4.69) is 41.3 Å². The predicted molar refractivity (Wildman–Crippen MR) is 88.5 cm³/mol. The van der Waals surface area contributed by atoms with E-state index in [0.29, 0.717) is 31.6 Å². The van der Waals surface area contributed by atoms with Gasteiger partial charge in [-0.3, -0.25) is 9.89 Å². The number of hydrogen-bond acceptors (Lipinski definition) is 4. The summed E-state index contributed by atoms with van der Waals surface area (Å²) in [4.78, 5) is 6.74. The summed E-state index contributed by atoms with van der Waals surface area (Å²) >= 11 is 0. The zero-order chi connectivity index (χ0) is 15.9. The van der Waals surface area contributed by atoms with E-state index < -0.39 is 9.84 Å². The second-order valence-electron chi connectivity index (χ2n) is 5.93. The van der Waals surface area contributed by atoms with Gasteiger partial charge in [-0.05, 0) is 19.8 Å². The third-order valence-electron chi connectivity index (χ3n) is 3.83. The highest BCUT2D eigenvalue weighted by Crippen LogP contribution is 2.03. The van der Waals surface area contributed by atoms with Crippen molar-refractivity contribution in [3.8, 4) is 0 Å². The Morgan fingerprint density at radius 2 is 1.86 bits per heavy atom. The number of nitrogens with one attached hydrogen (secondary N) is 2. The molecule has 0 aromatic heterocycles. The zero-order valence-corrected chi connectivity index (χ0v) is 14.5. The van der Waals surface area contributed by atoms with Gasteiger partial charge in [-0.25, -0.2) is 8.42 Å². The molecule has 7 heteroatoms. The molecule has 1 aliphatic heterocycles. The molecule has 21 heavy (non-hydrogen) atoms. The molecular formula is C14H30N4O2S. The molecular weight excluding hydrogens is 288 g/mol. The Bertz CT molecular complexity index is 420. The van der Waals surface area contributed by atoms with Gasteiger partial charge in [-0.2, -0.15) is 0 Å². The van der Waals surface area contributed by atoms with Crippen LogP contribution < -0.4 is 10.6 Å². The van der Waals surface area contributed by atoms with Crippen molar-refractivity contribution in [3.05, 3.63) is 0 Å². The number of hydrogen-bond donors (Lipinski definition) is 2. The smallest absolute Gasteiger partial charge is 0.191 e. The van der Waals surface area contributed by atoms with Crippen molar-refractivity contribution in [2.45, 2.75) is 33.7 Å². The molecule has 1 rings (SSSR count). The lowest BCUT2D eigenvalue weighted by Gasteiger charge is -2.26. The van der Waals surface area contributed by atoms with Crippen molar-refractivity contribution in [1.82, 2.24) is 15.5 Å². The molecule has 1 unspecified atom stereocenters. The maximum absolute atomic E-state index is 11.4. The van der Waals surface area contributed by atoms with Crippen LogP contribution in [0.5, 0.6) is 0 Å². The normalized spacial score (nSPS) is 21.3. The average Bonchev–Trinajstić information content (AvgIpc) is 2.40. The fourth-order valence-electron chi connectivity index (χ4n) is 1.98. The molecule has 0 saturated carbocycles. The molecule has 1 fully saturated rings. The maximum atomic E-state index is 11.4. The van der Waals surface area contributed by atoms with Crippen LogP contribution in [0.4, 0.5) is 0 Å². The number of guanidine groups is 1. The number of sulfone groups is 1. The molecule has 1 heterocycles. The largest absolute Gasteiger partial charge is 0.357 e. The average molecular weight is 318 g/mol. The lowest BCUT2D eigenvalue weighted by atomic mass is 10.1. The first kappa shape index (κ1) is 18.2. The lowest BCUT2D eigenvalue weighted by molar-refractivity contribution is 0.304. The summed E-state index contributed by atoms with van der Waals surface area (Å²) in [7, 11) is -2.79. The lowest BCUT2D eigenvalue weighted by Crippen LogP contribution is -2.45. The van der Waals surface area contributed by atoms with Gasteiger partial charge in [0.1, 0.15) is 0 Å². The molecule has 2 N–H and O–H groups in total. The molecule has 0 bridgehead atoms. The minimum atomic E-state index is -2.79. The Balaban J connectivity index is 2.40. The molecule has 0 aromatic rings. The Morgan fingerprint density at radius 1 is 1.24 bits per heavy atom. The zero-order valence-electron chi connectivity index (χ0n) is 13.7. The van der Waals surface area contributed by atoms with Crippen molar-refractivity contribution in [1.29, 1.82) is 0 Å². The van der Waals surface area contributed by atoms with Crippen LogP contribution in [0.3, 0.4) is 0 Å². The highest BCUT2D eigenvalue weighted by molar-refractivity contribution is 7.91. The van der Waals surface area contributed by atoms with Crippen molar-refractivity contribution in [2.24, 2.45) is 10.9 Å². The van der Waals surface area contributed by atoms with Crippen molar-refractivity contribution < 1.29 is 8.42 Å². The molecule has 1 aliphatic rings. The molecule has 0 aliphatic carbocycles. The van der Waals surface area contributed by atoms with Crippen LogP contribution in [0.1, 0.15) is 27.7 Å². The van der Waals surface area contributed by atoms with E-state index in [0.717, 1.165) is 19.0 Å². The fraction of sp³-hybridized carbons (Fsp3) is 0.929. The molecule has 1 atom stereocenters. The van der Waals surface area contributed by atoms with Crippen LogP contribution in [0, 0.1) is 5.92 Å². The second kappa shape index (κ2) is 8.58. The van der Waals surface area contributed by atoms with Crippen LogP contribution in [0.2, 0.25) is 0 Å². The molecule has 0 aromatic carbocycles. The first-order valence-electron chi connectivity index (χ1n) is 7.81. The van der Waals surface area contributed by atoms with E-state index in [1.165, 1.54) is 0 Å². The van der Waals surface area contributed by atoms with Gasteiger partial charge in [0.2, 0.25) is 0 Å². The molecule has 6 nitrogen and oxygen atoms in total. The topological polar surface area (TPSA) is 73.8 Å². The van der Waals surface area contributed by atoms with E-state index in [4.69, 9.17) is 0 Å². The van der Waals surface area contributed by atoms with Gasteiger partial charge in [0, 0.05) is 32.2 Å². The van der Waals surface area contributed by atoms with Crippen LogP contribution in [0.15, 0.2) is 4.99 Å². The molecule has 1 saturated heterocycles. The van der Waals surface area contributed by atoms with Crippen LogP contribution in [0.25, 0.3) is 0 Å². The van der Waals surface area contributed by atoms with Gasteiger partial charge in [0.15, 0.2) is 15.8 Å². The number of rotatable bonds is 6. The van der Waals surface area contributed by atoms with Gasteiger partial charge in [0.25, 0.3) is 0 Å². The van der Waals surface area contributed by atoms with Gasteiger partial charge in [-0.1, -0.05) is 13.8 Å². The fourth-order valence-corrected chi connectivity index (χ4v) is 3.26. The number of nitrogens with zero attached hydrogens (tertiary/aromatic N) is 2. The summed E-state index contributed by atoms with van der Waals surface area (Å²) in [5.41, 5.74) is 0. The van der Waals surface area contributed by atoms with Crippen LogP contribution >= 0.6 is 0 Å². The van der Waals surface area contributed by atoms with Gasteiger partial charge >= 0.3 is 0 Å². The van der Waals surface area contributed by atoms with Crippen LogP contribution in [-0.4, -0.2) is 69.5 Å². The third-order valence-corrected chi connectivity index (χ3v) is 5.44. The molecule has 0 amide bonds.